The van der Waals surface area contributed by atoms with Gasteiger partial charge in [-0.2, -0.15) is 14.8 Å². The van der Waals surface area contributed by atoms with E-state index in [0.717, 1.165) is 49.2 Å². The Bertz CT molecular complexity index is 1320. The summed E-state index contributed by atoms with van der Waals surface area (Å²) in [7, 11) is 3.59. The van der Waals surface area contributed by atoms with Gasteiger partial charge in [0.05, 0.1) is 16.9 Å². The van der Waals surface area contributed by atoms with E-state index < -0.39 is 6.09 Å². The van der Waals surface area contributed by atoms with Gasteiger partial charge in [-0.15, -0.1) is 5.10 Å². The van der Waals surface area contributed by atoms with Crippen molar-refractivity contribution in [3.63, 3.8) is 0 Å². The van der Waals surface area contributed by atoms with Gasteiger partial charge in [-0.25, -0.2) is 9.78 Å². The van der Waals surface area contributed by atoms with Crippen molar-refractivity contribution in [2.45, 2.75) is 37.6 Å². The fourth-order valence-electron chi connectivity index (χ4n) is 4.29. The number of aromatic nitrogens is 4. The molecule has 3 N–H and O–H groups in total. The van der Waals surface area contributed by atoms with Crippen molar-refractivity contribution in [1.29, 1.82) is 5.26 Å². The standard InChI is InChI=1S/C23H26ClN9O2/c1-31-7-5-13(6-8-31)17-9-15(32(2)23(34)35)10-18(19(17)24)28-22-29-20(27-14-3-4-14)21-26-12-16(11-25)33(21)30-22/h9-10,12-14H,3-8H2,1-2H3,(H,34,35)(H2,27,28,29,30). The number of nitrogens with one attached hydrogen (secondary N) is 2. The lowest BCUT2D eigenvalue weighted by Gasteiger charge is -2.31. The van der Waals surface area contributed by atoms with Crippen LogP contribution in [0.4, 0.5) is 27.9 Å². The zero-order chi connectivity index (χ0) is 24.7. The van der Waals surface area contributed by atoms with Gasteiger partial charge < -0.3 is 20.6 Å². The second-order valence-electron chi connectivity index (χ2n) is 9.13. The molecule has 3 heterocycles. The molecule has 5 rings (SSSR count). The third kappa shape index (κ3) is 4.67. The Labute approximate surface area is 207 Å². The van der Waals surface area contributed by atoms with Gasteiger partial charge in [-0.05, 0) is 69.4 Å². The average Bonchev–Trinajstić information content (AvgIpc) is 3.56. The molecular weight excluding hydrogens is 470 g/mol. The van der Waals surface area contributed by atoms with Gasteiger partial charge in [0, 0.05) is 18.8 Å². The number of nitriles is 1. The molecule has 3 aromatic rings. The average molecular weight is 496 g/mol. The molecule has 0 bridgehead atoms. The van der Waals surface area contributed by atoms with Gasteiger partial charge in [-0.3, -0.25) is 4.90 Å². The molecule has 11 nitrogen and oxygen atoms in total. The first kappa shape index (κ1) is 23.1. The third-order valence-corrected chi connectivity index (χ3v) is 6.98. The zero-order valence-electron chi connectivity index (χ0n) is 19.5. The van der Waals surface area contributed by atoms with Gasteiger partial charge in [0.1, 0.15) is 6.07 Å². The second-order valence-corrected chi connectivity index (χ2v) is 9.51. The SMILES string of the molecule is CN1CCC(c2cc(N(C)C(=O)O)cc(Nc3nc(NC4CC4)c4ncc(C#N)n4n3)c2Cl)CC1. The number of halogens is 1. The zero-order valence-corrected chi connectivity index (χ0v) is 20.2. The fraction of sp³-hybridized carbons (Fsp3) is 0.435. The number of likely N-dealkylation sites (tertiary alicyclic amines) is 1. The highest BCUT2D eigenvalue weighted by molar-refractivity contribution is 6.34. The summed E-state index contributed by atoms with van der Waals surface area (Å²) >= 11 is 6.89. The summed E-state index contributed by atoms with van der Waals surface area (Å²) < 4.78 is 1.44. The highest BCUT2D eigenvalue weighted by Crippen LogP contribution is 2.40. The van der Waals surface area contributed by atoms with E-state index in [-0.39, 0.29) is 17.6 Å². The van der Waals surface area contributed by atoms with Gasteiger partial charge >= 0.3 is 6.09 Å². The van der Waals surface area contributed by atoms with Crippen LogP contribution in [-0.4, -0.2) is 68.9 Å². The molecule has 1 saturated heterocycles. The highest BCUT2D eigenvalue weighted by Gasteiger charge is 2.26. The molecule has 1 aliphatic heterocycles. The molecule has 0 unspecified atom stereocenters. The van der Waals surface area contributed by atoms with Crippen molar-refractivity contribution in [1.82, 2.24) is 24.5 Å². The third-order valence-electron chi connectivity index (χ3n) is 6.56. The van der Waals surface area contributed by atoms with Crippen LogP contribution in [0, 0.1) is 11.3 Å². The van der Waals surface area contributed by atoms with Crippen molar-refractivity contribution in [2.24, 2.45) is 0 Å². The van der Waals surface area contributed by atoms with Crippen molar-refractivity contribution >= 4 is 46.5 Å². The molecule has 2 aliphatic rings. The number of hydrogen-bond acceptors (Lipinski definition) is 8. The molecular formula is C23H26ClN9O2. The van der Waals surface area contributed by atoms with Crippen molar-refractivity contribution in [2.75, 3.05) is 42.7 Å². The van der Waals surface area contributed by atoms with Gasteiger partial charge in [0.2, 0.25) is 5.95 Å². The predicted octanol–water partition coefficient (Wildman–Crippen LogP) is 3.89. The Hall–Kier alpha value is -3.62. The molecule has 2 fully saturated rings. The molecule has 0 spiro atoms. The topological polar surface area (TPSA) is 135 Å². The Kier molecular flexibility index (Phi) is 6.08. The summed E-state index contributed by atoms with van der Waals surface area (Å²) in [6, 6.07) is 5.94. The molecule has 0 atom stereocenters. The maximum Gasteiger partial charge on any atom is 0.411 e. The number of carbonyl (C=O) groups is 1. The van der Waals surface area contributed by atoms with Gasteiger partial charge in [0.25, 0.3) is 0 Å². The molecule has 2 aromatic heterocycles. The van der Waals surface area contributed by atoms with E-state index in [9.17, 15) is 15.2 Å². The lowest BCUT2D eigenvalue weighted by molar-refractivity contribution is 0.203. The number of carboxylic acid groups (broad SMARTS) is 1. The van der Waals surface area contributed by atoms with Crippen LogP contribution in [0.1, 0.15) is 42.9 Å². The van der Waals surface area contributed by atoms with E-state index in [1.165, 1.54) is 17.8 Å². The minimum absolute atomic E-state index is 0.204. The van der Waals surface area contributed by atoms with E-state index >= 15 is 0 Å². The van der Waals surface area contributed by atoms with Crippen LogP contribution in [0.5, 0.6) is 0 Å². The van der Waals surface area contributed by atoms with E-state index in [1.54, 1.807) is 6.07 Å². The second kappa shape index (κ2) is 9.20. The summed E-state index contributed by atoms with van der Waals surface area (Å²) in [5.41, 5.74) is 2.64. The Morgan fingerprint density at radius 3 is 2.69 bits per heavy atom. The molecule has 1 aromatic carbocycles. The van der Waals surface area contributed by atoms with Crippen LogP contribution in [0.3, 0.4) is 0 Å². The smallest absolute Gasteiger partial charge is 0.411 e. The van der Waals surface area contributed by atoms with E-state index in [1.807, 2.05) is 6.07 Å². The van der Waals surface area contributed by atoms with Crippen LogP contribution < -0.4 is 15.5 Å². The molecule has 1 saturated carbocycles. The lowest BCUT2D eigenvalue weighted by atomic mass is 9.89. The summed E-state index contributed by atoms with van der Waals surface area (Å²) in [5, 5.41) is 30.6. The maximum absolute atomic E-state index is 11.7. The van der Waals surface area contributed by atoms with Crippen molar-refractivity contribution in [3.8, 4) is 6.07 Å². The Morgan fingerprint density at radius 1 is 1.29 bits per heavy atom. The highest BCUT2D eigenvalue weighted by atomic mass is 35.5. The number of nitrogens with zero attached hydrogens (tertiary/aromatic N) is 7. The first-order chi connectivity index (χ1) is 16.8. The fourth-order valence-corrected chi connectivity index (χ4v) is 4.60. The number of imidazole rings is 1. The minimum Gasteiger partial charge on any atom is -0.465 e. The van der Waals surface area contributed by atoms with Crippen LogP contribution in [0.15, 0.2) is 18.3 Å². The first-order valence-corrected chi connectivity index (χ1v) is 11.9. The van der Waals surface area contributed by atoms with Crippen molar-refractivity contribution < 1.29 is 9.90 Å². The lowest BCUT2D eigenvalue weighted by Crippen LogP contribution is -2.29. The van der Waals surface area contributed by atoms with Gasteiger partial charge in [0.15, 0.2) is 17.2 Å². The normalized spacial score (nSPS) is 16.7. The van der Waals surface area contributed by atoms with E-state index in [4.69, 9.17) is 11.6 Å². The number of hydrogen-bond donors (Lipinski definition) is 3. The monoisotopic (exact) mass is 495 g/mol. The van der Waals surface area contributed by atoms with Crippen LogP contribution in [-0.2, 0) is 0 Å². The Morgan fingerprint density at radius 2 is 2.03 bits per heavy atom. The van der Waals surface area contributed by atoms with E-state index in [2.05, 4.69) is 43.7 Å². The summed E-state index contributed by atoms with van der Waals surface area (Å²) in [5.74, 6) is 0.953. The summed E-state index contributed by atoms with van der Waals surface area (Å²) in [6.45, 7) is 1.88. The van der Waals surface area contributed by atoms with E-state index in [0.29, 0.717) is 33.9 Å². The number of benzene rings is 1. The molecule has 1 aliphatic carbocycles. The molecule has 12 heteroatoms. The maximum atomic E-state index is 11.7. The van der Waals surface area contributed by atoms with Crippen LogP contribution >= 0.6 is 11.6 Å². The number of amides is 1. The molecule has 35 heavy (non-hydrogen) atoms. The van der Waals surface area contributed by atoms with Crippen molar-refractivity contribution in [3.05, 3.63) is 34.6 Å². The largest absolute Gasteiger partial charge is 0.465 e. The van der Waals surface area contributed by atoms with Crippen LogP contribution in [0.25, 0.3) is 5.65 Å². The Balaban J connectivity index is 1.57. The number of rotatable bonds is 6. The molecule has 182 valence electrons. The predicted molar refractivity (Wildman–Crippen MR) is 133 cm³/mol. The summed E-state index contributed by atoms with van der Waals surface area (Å²) in [4.78, 5) is 24.1. The quantitative estimate of drug-likeness (QED) is 0.465. The number of piperidine rings is 1. The van der Waals surface area contributed by atoms with Crippen LogP contribution in [0.2, 0.25) is 5.02 Å². The molecule has 0 radical (unpaired) electrons. The van der Waals surface area contributed by atoms with Gasteiger partial charge in [-0.1, -0.05) is 11.6 Å². The first-order valence-electron chi connectivity index (χ1n) is 11.5. The number of anilines is 4. The summed E-state index contributed by atoms with van der Waals surface area (Å²) in [6.07, 6.45) is 4.32. The number of fused-ring (bicyclic) bond motifs is 1. The minimum atomic E-state index is -1.07. The molecule has 1 amide bonds.